The van der Waals surface area contributed by atoms with Crippen molar-refractivity contribution < 1.29 is 9.21 Å². The molecule has 3 aromatic carbocycles. The van der Waals surface area contributed by atoms with Crippen molar-refractivity contribution in [1.82, 2.24) is 9.97 Å². The summed E-state index contributed by atoms with van der Waals surface area (Å²) in [4.78, 5) is 20.4. The van der Waals surface area contributed by atoms with Gasteiger partial charge in [-0.15, -0.1) is 0 Å². The number of carbonyl (C=O) groups is 1. The van der Waals surface area contributed by atoms with Gasteiger partial charge in [0.15, 0.2) is 5.76 Å². The van der Waals surface area contributed by atoms with E-state index in [0.717, 1.165) is 27.8 Å². The minimum absolute atomic E-state index is 0.275. The van der Waals surface area contributed by atoms with Crippen molar-refractivity contribution >= 4 is 33.6 Å². The van der Waals surface area contributed by atoms with Crippen LogP contribution < -0.4 is 5.32 Å². The number of carbonyl (C=O) groups excluding carboxylic acids is 1. The number of aromatic nitrogens is 2. The normalized spacial score (nSPS) is 11.2. The largest absolute Gasteiger partial charge is 0.451 e. The number of anilines is 1. The summed E-state index contributed by atoms with van der Waals surface area (Å²) in [6, 6.07) is 23.0. The Bertz CT molecular complexity index is 1280. The molecule has 5 aromatic rings. The van der Waals surface area contributed by atoms with Crippen molar-refractivity contribution in [3.05, 3.63) is 84.1 Å². The number of hydrogen-bond donors (Lipinski definition) is 2. The van der Waals surface area contributed by atoms with Gasteiger partial charge in [0.1, 0.15) is 11.4 Å². The molecule has 0 spiro atoms. The van der Waals surface area contributed by atoms with Gasteiger partial charge < -0.3 is 14.7 Å². The first-order chi connectivity index (χ1) is 13.7. The molecule has 0 unspecified atom stereocenters. The molecular formula is C23H17N3O2. The first-order valence-electron chi connectivity index (χ1n) is 9.02. The number of aryl methyl sites for hydroxylation is 1. The van der Waals surface area contributed by atoms with Crippen LogP contribution in [0.3, 0.4) is 0 Å². The molecule has 136 valence electrons. The highest BCUT2D eigenvalue weighted by Crippen LogP contribution is 2.24. The predicted octanol–water partition coefficient (Wildman–Crippen LogP) is 5.54. The van der Waals surface area contributed by atoms with Gasteiger partial charge in [-0.05, 0) is 61.0 Å². The molecule has 0 radical (unpaired) electrons. The number of fused-ring (bicyclic) bond motifs is 2. The van der Waals surface area contributed by atoms with Crippen LogP contribution in [0.15, 0.2) is 77.2 Å². The van der Waals surface area contributed by atoms with Crippen molar-refractivity contribution in [2.24, 2.45) is 0 Å². The van der Waals surface area contributed by atoms with Crippen LogP contribution in [0.2, 0.25) is 0 Å². The van der Waals surface area contributed by atoms with Gasteiger partial charge in [0, 0.05) is 16.6 Å². The smallest absolute Gasteiger partial charge is 0.291 e. The molecule has 2 aromatic heterocycles. The number of para-hydroxylation sites is 1. The van der Waals surface area contributed by atoms with E-state index in [1.165, 1.54) is 5.56 Å². The van der Waals surface area contributed by atoms with Gasteiger partial charge in [-0.1, -0.05) is 24.3 Å². The maximum absolute atomic E-state index is 12.5. The Balaban J connectivity index is 1.37. The summed E-state index contributed by atoms with van der Waals surface area (Å²) in [6.07, 6.45) is 0. The van der Waals surface area contributed by atoms with Gasteiger partial charge in [0.2, 0.25) is 0 Å². The molecule has 28 heavy (non-hydrogen) atoms. The Morgan fingerprint density at radius 2 is 1.82 bits per heavy atom. The second kappa shape index (κ2) is 6.39. The number of nitrogens with one attached hydrogen (secondary N) is 2. The molecule has 5 rings (SSSR count). The monoisotopic (exact) mass is 367 g/mol. The lowest BCUT2D eigenvalue weighted by atomic mass is 10.2. The maximum Gasteiger partial charge on any atom is 0.291 e. The SMILES string of the molecule is Cc1ccc2nc(-c3ccc(NC(=O)c4cc5ccccc5o4)cc3)[nH]c2c1. The van der Waals surface area contributed by atoms with E-state index in [0.29, 0.717) is 11.3 Å². The van der Waals surface area contributed by atoms with Gasteiger partial charge >= 0.3 is 0 Å². The lowest BCUT2D eigenvalue weighted by Crippen LogP contribution is -2.10. The van der Waals surface area contributed by atoms with Crippen LogP contribution in [0.25, 0.3) is 33.4 Å². The van der Waals surface area contributed by atoms with E-state index >= 15 is 0 Å². The third-order valence-corrected chi connectivity index (χ3v) is 4.70. The Kier molecular flexibility index (Phi) is 3.72. The standard InChI is InChI=1S/C23H17N3O2/c1-14-6-11-18-19(12-14)26-22(25-18)15-7-9-17(10-8-15)24-23(27)21-13-16-4-2-3-5-20(16)28-21/h2-13H,1H3,(H,24,27)(H,25,26). The van der Waals surface area contributed by atoms with E-state index in [1.807, 2.05) is 60.7 Å². The summed E-state index contributed by atoms with van der Waals surface area (Å²) in [7, 11) is 0. The molecule has 0 saturated heterocycles. The lowest BCUT2D eigenvalue weighted by Gasteiger charge is -2.04. The second-order valence-corrected chi connectivity index (χ2v) is 6.79. The van der Waals surface area contributed by atoms with Gasteiger partial charge in [-0.2, -0.15) is 0 Å². The van der Waals surface area contributed by atoms with Crippen LogP contribution in [-0.4, -0.2) is 15.9 Å². The van der Waals surface area contributed by atoms with Gasteiger partial charge in [0.25, 0.3) is 5.91 Å². The van der Waals surface area contributed by atoms with Crippen LogP contribution in [-0.2, 0) is 0 Å². The van der Waals surface area contributed by atoms with E-state index in [9.17, 15) is 4.79 Å². The van der Waals surface area contributed by atoms with E-state index in [-0.39, 0.29) is 11.7 Å². The van der Waals surface area contributed by atoms with Crippen LogP contribution in [0, 0.1) is 6.92 Å². The van der Waals surface area contributed by atoms with E-state index < -0.39 is 0 Å². The molecule has 5 nitrogen and oxygen atoms in total. The summed E-state index contributed by atoms with van der Waals surface area (Å²) >= 11 is 0. The van der Waals surface area contributed by atoms with Gasteiger partial charge in [-0.25, -0.2) is 4.98 Å². The van der Waals surface area contributed by atoms with Crippen LogP contribution in [0.1, 0.15) is 16.1 Å². The molecule has 0 aliphatic carbocycles. The van der Waals surface area contributed by atoms with E-state index in [4.69, 9.17) is 4.42 Å². The van der Waals surface area contributed by atoms with Crippen molar-refractivity contribution in [1.29, 1.82) is 0 Å². The Morgan fingerprint density at radius 3 is 2.64 bits per heavy atom. The first kappa shape index (κ1) is 16.3. The zero-order valence-corrected chi connectivity index (χ0v) is 15.2. The number of rotatable bonds is 3. The molecular weight excluding hydrogens is 350 g/mol. The summed E-state index contributed by atoms with van der Waals surface area (Å²) in [5.74, 6) is 0.817. The minimum atomic E-state index is -0.275. The van der Waals surface area contributed by atoms with Crippen LogP contribution >= 0.6 is 0 Å². The van der Waals surface area contributed by atoms with Gasteiger partial charge in [0.05, 0.1) is 11.0 Å². The van der Waals surface area contributed by atoms with Crippen LogP contribution in [0.5, 0.6) is 0 Å². The molecule has 5 heteroatoms. The fourth-order valence-electron chi connectivity index (χ4n) is 3.26. The number of imidazole rings is 1. The highest BCUT2D eigenvalue weighted by Gasteiger charge is 2.12. The minimum Gasteiger partial charge on any atom is -0.451 e. The molecule has 0 saturated carbocycles. The number of amides is 1. The molecule has 0 aliphatic rings. The first-order valence-corrected chi connectivity index (χ1v) is 9.02. The summed E-state index contributed by atoms with van der Waals surface area (Å²) in [6.45, 7) is 2.05. The molecule has 2 heterocycles. The number of nitrogens with zero attached hydrogens (tertiary/aromatic N) is 1. The average Bonchev–Trinajstić information content (AvgIpc) is 3.32. The third kappa shape index (κ3) is 2.93. The molecule has 0 fully saturated rings. The number of benzene rings is 3. The Hall–Kier alpha value is -3.86. The molecule has 0 bridgehead atoms. The highest BCUT2D eigenvalue weighted by atomic mass is 16.3. The van der Waals surface area contributed by atoms with Gasteiger partial charge in [-0.3, -0.25) is 4.79 Å². The Labute approximate surface area is 161 Å². The fraction of sp³-hybridized carbons (Fsp3) is 0.0435. The highest BCUT2D eigenvalue weighted by molar-refractivity contribution is 6.04. The quantitative estimate of drug-likeness (QED) is 0.440. The average molecular weight is 367 g/mol. The molecule has 2 N–H and O–H groups in total. The van der Waals surface area contributed by atoms with E-state index in [1.54, 1.807) is 6.07 Å². The zero-order chi connectivity index (χ0) is 19.1. The lowest BCUT2D eigenvalue weighted by molar-refractivity contribution is 0.0998. The fourth-order valence-corrected chi connectivity index (χ4v) is 3.26. The second-order valence-electron chi connectivity index (χ2n) is 6.79. The molecule has 0 aliphatic heterocycles. The summed E-state index contributed by atoms with van der Waals surface area (Å²) < 4.78 is 5.61. The molecule has 1 amide bonds. The Morgan fingerprint density at radius 1 is 1.00 bits per heavy atom. The summed E-state index contributed by atoms with van der Waals surface area (Å²) in [5.41, 5.74) is 5.48. The maximum atomic E-state index is 12.5. The topological polar surface area (TPSA) is 70.9 Å². The van der Waals surface area contributed by atoms with E-state index in [2.05, 4.69) is 28.3 Å². The van der Waals surface area contributed by atoms with Crippen molar-refractivity contribution in [2.75, 3.05) is 5.32 Å². The number of aromatic amines is 1. The summed E-state index contributed by atoms with van der Waals surface area (Å²) in [5, 5.41) is 3.77. The zero-order valence-electron chi connectivity index (χ0n) is 15.2. The third-order valence-electron chi connectivity index (χ3n) is 4.70. The van der Waals surface area contributed by atoms with Crippen LogP contribution in [0.4, 0.5) is 5.69 Å². The van der Waals surface area contributed by atoms with Crippen molar-refractivity contribution in [2.45, 2.75) is 6.92 Å². The predicted molar refractivity (Wildman–Crippen MR) is 110 cm³/mol. The van der Waals surface area contributed by atoms with Crippen molar-refractivity contribution in [3.63, 3.8) is 0 Å². The molecule has 0 atom stereocenters. The number of hydrogen-bond acceptors (Lipinski definition) is 3. The number of H-pyrrole nitrogens is 1. The number of furan rings is 1. The van der Waals surface area contributed by atoms with Crippen molar-refractivity contribution in [3.8, 4) is 11.4 Å².